The third-order valence-electron chi connectivity index (χ3n) is 2.91. The van der Waals surface area contributed by atoms with Gasteiger partial charge in [-0.3, -0.25) is 0 Å². The Bertz CT molecular complexity index is 550. The minimum absolute atomic E-state index is 0.765. The van der Waals surface area contributed by atoms with Crippen molar-refractivity contribution >= 4 is 21.7 Å². The predicted molar refractivity (Wildman–Crippen MR) is 78.8 cm³/mol. The maximum atomic E-state index is 4.59. The number of nitrogens with zero attached hydrogens (tertiary/aromatic N) is 2. The second kappa shape index (κ2) is 5.48. The standard InChI is InChI=1S/C14H16BrN3/c1-4-12-9(2)17-13(18-14(12)16-3)10-5-7-11(15)8-6-10/h5-8H,4H2,1-3H3,(H,16,17,18). The van der Waals surface area contributed by atoms with E-state index in [9.17, 15) is 0 Å². The predicted octanol–water partition coefficient (Wildman–Crippen LogP) is 3.82. The van der Waals surface area contributed by atoms with E-state index >= 15 is 0 Å². The number of aryl methyl sites for hydroxylation is 1. The molecule has 0 bridgehead atoms. The summed E-state index contributed by atoms with van der Waals surface area (Å²) in [7, 11) is 1.90. The van der Waals surface area contributed by atoms with Gasteiger partial charge in [-0.15, -0.1) is 0 Å². The first-order chi connectivity index (χ1) is 8.65. The Labute approximate surface area is 116 Å². The van der Waals surface area contributed by atoms with Crippen LogP contribution in [0.3, 0.4) is 0 Å². The van der Waals surface area contributed by atoms with E-state index in [1.165, 1.54) is 5.56 Å². The molecule has 18 heavy (non-hydrogen) atoms. The van der Waals surface area contributed by atoms with Gasteiger partial charge >= 0.3 is 0 Å². The second-order valence-corrected chi connectivity index (χ2v) is 4.99. The van der Waals surface area contributed by atoms with Crippen LogP contribution in [0, 0.1) is 6.92 Å². The van der Waals surface area contributed by atoms with Crippen LogP contribution < -0.4 is 5.32 Å². The summed E-state index contributed by atoms with van der Waals surface area (Å²) in [6, 6.07) is 8.04. The van der Waals surface area contributed by atoms with Crippen molar-refractivity contribution in [2.75, 3.05) is 12.4 Å². The second-order valence-electron chi connectivity index (χ2n) is 4.07. The lowest BCUT2D eigenvalue weighted by Gasteiger charge is -2.11. The van der Waals surface area contributed by atoms with Crippen molar-refractivity contribution in [3.63, 3.8) is 0 Å². The van der Waals surface area contributed by atoms with Crippen molar-refractivity contribution in [3.05, 3.63) is 40.0 Å². The van der Waals surface area contributed by atoms with Crippen LogP contribution in [0.4, 0.5) is 5.82 Å². The number of rotatable bonds is 3. The summed E-state index contributed by atoms with van der Waals surface area (Å²) >= 11 is 3.43. The highest BCUT2D eigenvalue weighted by molar-refractivity contribution is 9.10. The molecular weight excluding hydrogens is 290 g/mol. The molecule has 0 saturated heterocycles. The highest BCUT2D eigenvalue weighted by Gasteiger charge is 2.10. The zero-order valence-corrected chi connectivity index (χ0v) is 12.4. The molecule has 4 heteroatoms. The van der Waals surface area contributed by atoms with E-state index in [2.05, 4.69) is 38.1 Å². The molecule has 94 valence electrons. The number of anilines is 1. The molecule has 2 rings (SSSR count). The molecule has 0 spiro atoms. The summed E-state index contributed by atoms with van der Waals surface area (Å²) < 4.78 is 1.06. The molecule has 3 nitrogen and oxygen atoms in total. The molecule has 1 aromatic carbocycles. The van der Waals surface area contributed by atoms with Gasteiger partial charge in [0.2, 0.25) is 0 Å². The van der Waals surface area contributed by atoms with Gasteiger partial charge in [0.15, 0.2) is 5.82 Å². The quantitative estimate of drug-likeness (QED) is 0.937. The summed E-state index contributed by atoms with van der Waals surface area (Å²) in [4.78, 5) is 9.17. The van der Waals surface area contributed by atoms with E-state index in [0.29, 0.717) is 0 Å². The molecule has 0 amide bonds. The van der Waals surface area contributed by atoms with Crippen molar-refractivity contribution in [1.29, 1.82) is 0 Å². The lowest BCUT2D eigenvalue weighted by Crippen LogP contribution is -2.04. The average Bonchev–Trinajstić information content (AvgIpc) is 2.38. The van der Waals surface area contributed by atoms with E-state index in [1.807, 2.05) is 38.2 Å². The largest absolute Gasteiger partial charge is 0.373 e. The van der Waals surface area contributed by atoms with E-state index in [0.717, 1.165) is 33.8 Å². The molecule has 1 aromatic heterocycles. The van der Waals surface area contributed by atoms with Crippen molar-refractivity contribution in [3.8, 4) is 11.4 Å². The summed E-state index contributed by atoms with van der Waals surface area (Å²) in [6.07, 6.45) is 0.933. The van der Waals surface area contributed by atoms with Gasteiger partial charge in [0.1, 0.15) is 5.82 Å². The fraction of sp³-hybridized carbons (Fsp3) is 0.286. The number of halogens is 1. The number of hydrogen-bond donors (Lipinski definition) is 1. The van der Waals surface area contributed by atoms with E-state index in [4.69, 9.17) is 0 Å². The van der Waals surface area contributed by atoms with Crippen molar-refractivity contribution in [1.82, 2.24) is 9.97 Å². The minimum atomic E-state index is 0.765. The Morgan fingerprint density at radius 2 is 1.83 bits per heavy atom. The van der Waals surface area contributed by atoms with Gasteiger partial charge in [-0.05, 0) is 25.5 Å². The Morgan fingerprint density at radius 1 is 1.17 bits per heavy atom. The maximum absolute atomic E-state index is 4.59. The zero-order chi connectivity index (χ0) is 13.1. The molecule has 0 aliphatic heterocycles. The Morgan fingerprint density at radius 3 is 2.39 bits per heavy atom. The van der Waals surface area contributed by atoms with Gasteiger partial charge < -0.3 is 5.32 Å². The maximum Gasteiger partial charge on any atom is 0.161 e. The third kappa shape index (κ3) is 2.53. The lowest BCUT2D eigenvalue weighted by atomic mass is 10.1. The highest BCUT2D eigenvalue weighted by Crippen LogP contribution is 2.23. The van der Waals surface area contributed by atoms with Gasteiger partial charge in [0, 0.05) is 28.3 Å². The average molecular weight is 306 g/mol. The minimum Gasteiger partial charge on any atom is -0.373 e. The fourth-order valence-corrected chi connectivity index (χ4v) is 2.22. The number of benzene rings is 1. The fourth-order valence-electron chi connectivity index (χ4n) is 1.95. The van der Waals surface area contributed by atoms with Gasteiger partial charge in [0.25, 0.3) is 0 Å². The van der Waals surface area contributed by atoms with Crippen molar-refractivity contribution in [2.24, 2.45) is 0 Å². The van der Waals surface area contributed by atoms with Crippen molar-refractivity contribution in [2.45, 2.75) is 20.3 Å². The zero-order valence-electron chi connectivity index (χ0n) is 10.8. The first-order valence-electron chi connectivity index (χ1n) is 5.97. The molecule has 1 N–H and O–H groups in total. The van der Waals surface area contributed by atoms with Crippen molar-refractivity contribution < 1.29 is 0 Å². The molecule has 0 saturated carbocycles. The molecule has 0 aliphatic rings. The Hall–Kier alpha value is -1.42. The Balaban J connectivity index is 2.52. The first kappa shape index (κ1) is 13.0. The van der Waals surface area contributed by atoms with Gasteiger partial charge in [-0.25, -0.2) is 9.97 Å². The normalized spacial score (nSPS) is 10.4. The van der Waals surface area contributed by atoms with E-state index in [-0.39, 0.29) is 0 Å². The summed E-state index contributed by atoms with van der Waals surface area (Å²) in [6.45, 7) is 4.15. The van der Waals surface area contributed by atoms with Gasteiger partial charge in [0.05, 0.1) is 0 Å². The summed E-state index contributed by atoms with van der Waals surface area (Å²) in [5, 5.41) is 3.15. The summed E-state index contributed by atoms with van der Waals surface area (Å²) in [5.74, 6) is 1.68. The lowest BCUT2D eigenvalue weighted by molar-refractivity contribution is 1.00. The van der Waals surface area contributed by atoms with Crippen LogP contribution in [0.2, 0.25) is 0 Å². The third-order valence-corrected chi connectivity index (χ3v) is 3.44. The highest BCUT2D eigenvalue weighted by atomic mass is 79.9. The molecule has 0 fully saturated rings. The molecule has 0 atom stereocenters. The van der Waals surface area contributed by atoms with Gasteiger partial charge in [-0.1, -0.05) is 35.0 Å². The molecule has 0 aliphatic carbocycles. The summed E-state index contributed by atoms with van der Waals surface area (Å²) in [5.41, 5.74) is 3.24. The topological polar surface area (TPSA) is 37.8 Å². The molecule has 0 unspecified atom stereocenters. The van der Waals surface area contributed by atoms with Crippen LogP contribution >= 0.6 is 15.9 Å². The monoisotopic (exact) mass is 305 g/mol. The van der Waals surface area contributed by atoms with Crippen LogP contribution in [0.1, 0.15) is 18.2 Å². The number of nitrogens with one attached hydrogen (secondary N) is 1. The van der Waals surface area contributed by atoms with Crippen LogP contribution in [-0.2, 0) is 6.42 Å². The molecule has 0 radical (unpaired) electrons. The molecule has 1 heterocycles. The van der Waals surface area contributed by atoms with Crippen LogP contribution in [0.25, 0.3) is 11.4 Å². The molecular formula is C14H16BrN3. The first-order valence-corrected chi connectivity index (χ1v) is 6.76. The van der Waals surface area contributed by atoms with Crippen LogP contribution in [0.15, 0.2) is 28.7 Å². The van der Waals surface area contributed by atoms with Gasteiger partial charge in [-0.2, -0.15) is 0 Å². The van der Waals surface area contributed by atoms with Crippen LogP contribution in [0.5, 0.6) is 0 Å². The molecule has 2 aromatic rings. The van der Waals surface area contributed by atoms with Crippen LogP contribution in [-0.4, -0.2) is 17.0 Å². The number of hydrogen-bond acceptors (Lipinski definition) is 3. The number of aromatic nitrogens is 2. The Kier molecular flexibility index (Phi) is 3.97. The van der Waals surface area contributed by atoms with E-state index < -0.39 is 0 Å². The smallest absolute Gasteiger partial charge is 0.161 e. The SMILES string of the molecule is CCc1c(C)nc(-c2ccc(Br)cc2)nc1NC. The van der Waals surface area contributed by atoms with E-state index in [1.54, 1.807) is 0 Å².